The zero-order valence-electron chi connectivity index (χ0n) is 17.6. The molecule has 7 nitrogen and oxygen atoms in total. The van der Waals surface area contributed by atoms with Gasteiger partial charge in [-0.3, -0.25) is 9.59 Å². The third-order valence-corrected chi connectivity index (χ3v) is 3.66. The lowest BCUT2D eigenvalue weighted by Crippen LogP contribution is -2.43. The molecule has 160 valence electrons. The van der Waals surface area contributed by atoms with Crippen LogP contribution in [0.4, 0.5) is 5.69 Å². The zero-order valence-corrected chi connectivity index (χ0v) is 17.6. The van der Waals surface area contributed by atoms with Gasteiger partial charge in [0.2, 0.25) is 0 Å². The minimum atomic E-state index is -0.502. The van der Waals surface area contributed by atoms with Crippen molar-refractivity contribution in [2.75, 3.05) is 31.2 Å². The Labute approximate surface area is 172 Å². The van der Waals surface area contributed by atoms with Gasteiger partial charge in [-0.1, -0.05) is 30.4 Å². The monoisotopic (exact) mass is 405 g/mol. The highest BCUT2D eigenvalue weighted by Crippen LogP contribution is 2.16. The van der Waals surface area contributed by atoms with Crippen LogP contribution >= 0.6 is 0 Å². The van der Waals surface area contributed by atoms with E-state index in [-0.39, 0.29) is 25.2 Å². The Bertz CT molecular complexity index is 621. The van der Waals surface area contributed by atoms with E-state index in [4.69, 9.17) is 18.9 Å². The van der Waals surface area contributed by atoms with Crippen molar-refractivity contribution in [3.8, 4) is 0 Å². The van der Waals surface area contributed by atoms with E-state index in [1.807, 2.05) is 49.1 Å². The van der Waals surface area contributed by atoms with Crippen LogP contribution in [0.25, 0.3) is 0 Å². The number of anilines is 1. The first kappa shape index (κ1) is 24.1. The largest absolute Gasteiger partial charge is 0.498 e. The van der Waals surface area contributed by atoms with Crippen molar-refractivity contribution in [2.24, 2.45) is 0 Å². The molecule has 0 saturated heterocycles. The number of para-hydroxylation sites is 1. The van der Waals surface area contributed by atoms with Crippen LogP contribution < -0.4 is 4.90 Å². The van der Waals surface area contributed by atoms with Crippen molar-refractivity contribution >= 4 is 17.6 Å². The van der Waals surface area contributed by atoms with Crippen LogP contribution in [0.15, 0.2) is 55.0 Å². The van der Waals surface area contributed by atoms with Gasteiger partial charge in [-0.2, -0.15) is 0 Å². The van der Waals surface area contributed by atoms with Crippen LogP contribution in [0.2, 0.25) is 0 Å². The van der Waals surface area contributed by atoms with Crippen LogP contribution in [-0.2, 0) is 28.5 Å². The summed E-state index contributed by atoms with van der Waals surface area (Å²) >= 11 is 0. The molecule has 29 heavy (non-hydrogen) atoms. The molecule has 7 heteroatoms. The van der Waals surface area contributed by atoms with Crippen molar-refractivity contribution < 1.29 is 28.5 Å². The van der Waals surface area contributed by atoms with Gasteiger partial charge < -0.3 is 23.8 Å². The Morgan fingerprint density at radius 3 is 1.69 bits per heavy atom. The van der Waals surface area contributed by atoms with Gasteiger partial charge in [0.25, 0.3) is 0 Å². The second kappa shape index (κ2) is 14.1. The number of nitrogens with zero attached hydrogens (tertiary/aromatic N) is 1. The average Bonchev–Trinajstić information content (AvgIpc) is 2.67. The zero-order chi connectivity index (χ0) is 21.5. The highest BCUT2D eigenvalue weighted by atomic mass is 16.6. The molecule has 0 aliphatic carbocycles. The molecule has 0 fully saturated rings. The highest BCUT2D eigenvalue weighted by Gasteiger charge is 2.23. The third-order valence-electron chi connectivity index (χ3n) is 3.66. The molecule has 0 amide bonds. The predicted molar refractivity (Wildman–Crippen MR) is 111 cm³/mol. The van der Waals surface area contributed by atoms with Crippen molar-refractivity contribution in [3.05, 3.63) is 55.0 Å². The number of ether oxygens (including phenoxy) is 4. The Kier molecular flexibility index (Phi) is 11.7. The average molecular weight is 405 g/mol. The minimum absolute atomic E-state index is 0.209. The molecular formula is C22H31NO6. The molecule has 0 N–H and O–H groups in total. The van der Waals surface area contributed by atoms with Gasteiger partial charge in [0, 0.05) is 19.5 Å². The van der Waals surface area contributed by atoms with Crippen LogP contribution in [0.5, 0.6) is 0 Å². The van der Waals surface area contributed by atoms with Gasteiger partial charge in [0.1, 0.15) is 13.2 Å². The number of rotatable bonds is 13. The van der Waals surface area contributed by atoms with E-state index in [1.54, 1.807) is 24.7 Å². The lowest BCUT2D eigenvalue weighted by atomic mass is 10.2. The first-order chi connectivity index (χ1) is 14.0. The molecule has 1 aromatic carbocycles. The molecule has 0 heterocycles. The SMILES string of the molecule is C/C=C/OCC(CN(CC(CO/C=C/C)OC(C)=O)c1ccccc1)OC(C)=O. The Morgan fingerprint density at radius 1 is 0.862 bits per heavy atom. The summed E-state index contributed by atoms with van der Waals surface area (Å²) in [7, 11) is 0. The van der Waals surface area contributed by atoms with Gasteiger partial charge in [-0.15, -0.1) is 0 Å². The van der Waals surface area contributed by atoms with E-state index in [0.29, 0.717) is 13.1 Å². The summed E-state index contributed by atoms with van der Waals surface area (Å²) < 4.78 is 21.7. The fourth-order valence-corrected chi connectivity index (χ4v) is 2.65. The summed E-state index contributed by atoms with van der Waals surface area (Å²) in [6.45, 7) is 7.55. The molecule has 0 aliphatic heterocycles. The Morgan fingerprint density at radius 2 is 1.31 bits per heavy atom. The molecule has 1 aromatic rings. The van der Waals surface area contributed by atoms with Crippen LogP contribution in [-0.4, -0.2) is 50.4 Å². The second-order valence-electron chi connectivity index (χ2n) is 6.31. The third kappa shape index (κ3) is 10.8. The van der Waals surface area contributed by atoms with Gasteiger partial charge in [-0.25, -0.2) is 0 Å². The van der Waals surface area contributed by atoms with Gasteiger partial charge in [0.05, 0.1) is 25.6 Å². The molecule has 0 saturated carbocycles. The molecule has 0 spiro atoms. The van der Waals surface area contributed by atoms with E-state index in [1.165, 1.54) is 13.8 Å². The van der Waals surface area contributed by atoms with E-state index in [0.717, 1.165) is 5.69 Å². The summed E-state index contributed by atoms with van der Waals surface area (Å²) in [4.78, 5) is 25.1. The number of carbonyl (C=O) groups excluding carboxylic acids is 2. The van der Waals surface area contributed by atoms with E-state index in [2.05, 4.69) is 0 Å². The maximum Gasteiger partial charge on any atom is 0.303 e. The minimum Gasteiger partial charge on any atom is -0.498 e. The van der Waals surface area contributed by atoms with Crippen LogP contribution in [0, 0.1) is 0 Å². The molecule has 0 aromatic heterocycles. The smallest absolute Gasteiger partial charge is 0.303 e. The number of hydrogen-bond acceptors (Lipinski definition) is 7. The number of hydrogen-bond donors (Lipinski definition) is 0. The standard InChI is InChI=1S/C22H31NO6/c1-5-12-26-16-21(28-18(3)24)14-23(20-10-8-7-9-11-20)15-22(29-19(4)25)17-27-13-6-2/h5-13,21-22H,14-17H2,1-4H3/b12-5+,13-6+. The first-order valence-electron chi connectivity index (χ1n) is 9.56. The van der Waals surface area contributed by atoms with Gasteiger partial charge in [-0.05, 0) is 26.0 Å². The molecule has 2 atom stereocenters. The van der Waals surface area contributed by atoms with Gasteiger partial charge in [0.15, 0.2) is 12.2 Å². The summed E-state index contributed by atoms with van der Waals surface area (Å²) in [5, 5.41) is 0. The second-order valence-corrected chi connectivity index (χ2v) is 6.31. The first-order valence-corrected chi connectivity index (χ1v) is 9.56. The van der Waals surface area contributed by atoms with E-state index in [9.17, 15) is 9.59 Å². The lowest BCUT2D eigenvalue weighted by molar-refractivity contribution is -0.148. The van der Waals surface area contributed by atoms with Crippen LogP contribution in [0.3, 0.4) is 0 Å². The summed E-state index contributed by atoms with van der Waals surface area (Å²) in [6.07, 6.45) is 5.62. The number of allylic oxidation sites excluding steroid dienone is 2. The molecule has 2 unspecified atom stereocenters. The van der Waals surface area contributed by atoms with Crippen molar-refractivity contribution in [3.63, 3.8) is 0 Å². The quantitative estimate of drug-likeness (QED) is 0.367. The summed E-state index contributed by atoms with van der Waals surface area (Å²) in [6, 6.07) is 9.62. The number of esters is 2. The molecule has 0 aliphatic rings. The van der Waals surface area contributed by atoms with E-state index >= 15 is 0 Å². The highest BCUT2D eigenvalue weighted by molar-refractivity contribution is 5.66. The fraction of sp³-hybridized carbons (Fsp3) is 0.455. The van der Waals surface area contributed by atoms with Crippen molar-refractivity contribution in [2.45, 2.75) is 39.9 Å². The fourth-order valence-electron chi connectivity index (χ4n) is 2.65. The molecule has 1 rings (SSSR count). The summed E-state index contributed by atoms with van der Waals surface area (Å²) in [5.74, 6) is -0.778. The maximum absolute atomic E-state index is 11.5. The van der Waals surface area contributed by atoms with Crippen molar-refractivity contribution in [1.82, 2.24) is 0 Å². The Hall–Kier alpha value is -2.96. The maximum atomic E-state index is 11.5. The lowest BCUT2D eigenvalue weighted by Gasteiger charge is -2.31. The molecule has 0 radical (unpaired) electrons. The number of benzene rings is 1. The number of carbonyl (C=O) groups is 2. The van der Waals surface area contributed by atoms with Crippen LogP contribution in [0.1, 0.15) is 27.7 Å². The summed E-state index contributed by atoms with van der Waals surface area (Å²) in [5.41, 5.74) is 0.902. The molecule has 0 bridgehead atoms. The van der Waals surface area contributed by atoms with Crippen molar-refractivity contribution in [1.29, 1.82) is 0 Å². The Balaban J connectivity index is 3.00. The van der Waals surface area contributed by atoms with E-state index < -0.39 is 12.2 Å². The topological polar surface area (TPSA) is 74.3 Å². The normalized spacial score (nSPS) is 13.1. The molecular weight excluding hydrogens is 374 g/mol. The predicted octanol–water partition coefficient (Wildman–Crippen LogP) is 3.46. The van der Waals surface area contributed by atoms with Gasteiger partial charge >= 0.3 is 11.9 Å².